The summed E-state index contributed by atoms with van der Waals surface area (Å²) in [6.45, 7) is 33.8. The zero-order valence-electron chi connectivity index (χ0n) is 42.5. The van der Waals surface area contributed by atoms with E-state index in [1.54, 1.807) is 19.9 Å². The molecule has 8 nitrogen and oxygen atoms in total. The van der Waals surface area contributed by atoms with Crippen molar-refractivity contribution in [3.05, 3.63) is 112 Å². The van der Waals surface area contributed by atoms with Crippen LogP contribution in [0, 0.1) is 5.41 Å². The van der Waals surface area contributed by atoms with Crippen molar-refractivity contribution in [3.63, 3.8) is 0 Å². The molecule has 0 aliphatic heterocycles. The van der Waals surface area contributed by atoms with Crippen molar-refractivity contribution in [1.82, 2.24) is 4.72 Å². The normalized spacial score (nSPS) is 9.15. The van der Waals surface area contributed by atoms with E-state index in [0.29, 0.717) is 12.8 Å². The molecule has 3 aromatic carbocycles. The van der Waals surface area contributed by atoms with Gasteiger partial charge in [0.1, 0.15) is 0 Å². The number of benzene rings is 3. The summed E-state index contributed by atoms with van der Waals surface area (Å²) in [5, 5.41) is 0. The summed E-state index contributed by atoms with van der Waals surface area (Å²) in [6.07, 6.45) is 8.82. The van der Waals surface area contributed by atoms with Gasteiger partial charge in [-0.2, -0.15) is 0 Å². The Morgan fingerprint density at radius 2 is 0.967 bits per heavy atom. The van der Waals surface area contributed by atoms with Crippen LogP contribution in [0.2, 0.25) is 0 Å². The van der Waals surface area contributed by atoms with Crippen LogP contribution in [0.3, 0.4) is 0 Å². The van der Waals surface area contributed by atoms with Gasteiger partial charge in [-0.1, -0.05) is 206 Å². The van der Waals surface area contributed by atoms with E-state index < -0.39 is 21.3 Å². The number of aryl methyl sites for hydroxylation is 4. The zero-order valence-corrected chi connectivity index (χ0v) is 44.9. The van der Waals surface area contributed by atoms with Crippen LogP contribution in [0.25, 0.3) is 6.08 Å². The van der Waals surface area contributed by atoms with Crippen molar-refractivity contribution in [2.24, 2.45) is 5.41 Å². The first-order valence-electron chi connectivity index (χ1n) is 22.1. The third kappa shape index (κ3) is 38.9. The summed E-state index contributed by atoms with van der Waals surface area (Å²) < 4.78 is 33.4. The van der Waals surface area contributed by atoms with E-state index in [4.69, 9.17) is 0 Å². The summed E-state index contributed by atoms with van der Waals surface area (Å²) in [5.74, 6) is 0.875. The Morgan fingerprint density at radius 1 is 0.607 bits per heavy atom. The second kappa shape index (κ2) is 50.6. The molecule has 1 N–H and O–H groups in total. The van der Waals surface area contributed by atoms with Crippen molar-refractivity contribution in [3.8, 4) is 0 Å². The second-order valence-electron chi connectivity index (χ2n) is 11.5. The lowest BCUT2D eigenvalue weighted by atomic mass is 9.83. The number of hydrogen-bond acceptors (Lipinski definition) is 7. The molecular weight excluding hydrogens is 851 g/mol. The van der Waals surface area contributed by atoms with Crippen LogP contribution in [0.15, 0.2) is 78.9 Å². The van der Waals surface area contributed by atoms with Crippen molar-refractivity contribution >= 4 is 49.9 Å². The van der Waals surface area contributed by atoms with Gasteiger partial charge in [-0.3, -0.25) is 14.3 Å². The molecule has 0 heterocycles. The molecule has 0 atom stereocenters. The smallest absolute Gasteiger partial charge is 0.330 e. The summed E-state index contributed by atoms with van der Waals surface area (Å²) in [4.78, 5) is 33.8. The third-order valence-electron chi connectivity index (χ3n) is 7.39. The maximum atomic E-state index is 12.0. The number of sulfonamides is 1. The van der Waals surface area contributed by atoms with Crippen LogP contribution in [-0.4, -0.2) is 52.6 Å². The molecule has 0 bridgehead atoms. The van der Waals surface area contributed by atoms with Crippen LogP contribution < -0.4 is 4.72 Å². The molecular formula is C51H90BrNO7S. The molecule has 10 heteroatoms. The summed E-state index contributed by atoms with van der Waals surface area (Å²) in [5.41, 5.74) is 6.36. The first kappa shape index (κ1) is 71.7. The van der Waals surface area contributed by atoms with E-state index >= 15 is 0 Å². The number of alkyl halides is 1. The van der Waals surface area contributed by atoms with Gasteiger partial charge in [0.05, 0.1) is 20.5 Å². The van der Waals surface area contributed by atoms with E-state index in [9.17, 15) is 22.8 Å². The largest absolute Gasteiger partial charge is 0.469 e. The Morgan fingerprint density at radius 3 is 1.34 bits per heavy atom. The van der Waals surface area contributed by atoms with Gasteiger partial charge in [-0.25, -0.2) is 13.2 Å². The van der Waals surface area contributed by atoms with Gasteiger partial charge in [-0.15, -0.1) is 0 Å². The minimum atomic E-state index is -3.51. The van der Waals surface area contributed by atoms with Crippen LogP contribution in [0.1, 0.15) is 158 Å². The Bertz CT molecular complexity index is 1590. The zero-order chi connectivity index (χ0) is 49.5. The van der Waals surface area contributed by atoms with Gasteiger partial charge in [-0.05, 0) is 77.4 Å². The summed E-state index contributed by atoms with van der Waals surface area (Å²) >= 11 is 2.94. The fourth-order valence-electron chi connectivity index (χ4n) is 4.67. The van der Waals surface area contributed by atoms with E-state index in [1.807, 2.05) is 144 Å². The molecule has 0 spiro atoms. The number of carbonyl (C=O) groups excluding carboxylic acids is 3. The molecule has 1 amide bonds. The fraction of sp³-hybridized carbons (Fsp3) is 0.549. The Labute approximate surface area is 385 Å². The van der Waals surface area contributed by atoms with Gasteiger partial charge in [0, 0.05) is 17.9 Å². The standard InChI is InChI=1S/C14H21NO3S.C12H16O2.C12H14O2.6C2H6.CH3Br/c1-5-11-8-6-7-9-12(11)10-14(2,3)13(16)15-19(4,17)18;2*1-3-10-6-4-5-7-11(10)8-9-12(13)14-2;7*1-2/h6-9H,5,10H2,1-4H3,(H,15,16);4-7H,3,8-9H2,1-2H3;4-9H,3H2,1-2H3;6*1-2H3;1H3/b;;9-8+;;;;;;;. The molecule has 354 valence electrons. The van der Waals surface area contributed by atoms with Crippen LogP contribution in [0.5, 0.6) is 0 Å². The monoisotopic (exact) mass is 940 g/mol. The van der Waals surface area contributed by atoms with E-state index in [1.165, 1.54) is 42.5 Å². The average Bonchev–Trinajstić information content (AvgIpc) is 3.32. The molecule has 0 aliphatic rings. The lowest BCUT2D eigenvalue weighted by Gasteiger charge is -2.24. The first-order valence-corrected chi connectivity index (χ1v) is 25.6. The minimum Gasteiger partial charge on any atom is -0.469 e. The number of carbonyl (C=O) groups is 3. The first-order chi connectivity index (χ1) is 29.2. The molecule has 0 radical (unpaired) electrons. The lowest BCUT2D eigenvalue weighted by Crippen LogP contribution is -2.41. The number of esters is 2. The Hall–Kier alpha value is -3.76. The summed E-state index contributed by atoms with van der Waals surface area (Å²) in [6, 6.07) is 24.1. The van der Waals surface area contributed by atoms with E-state index in [2.05, 4.69) is 69.1 Å². The van der Waals surface area contributed by atoms with Crippen molar-refractivity contribution < 1.29 is 32.3 Å². The van der Waals surface area contributed by atoms with Crippen LogP contribution in [-0.2, 0) is 66.0 Å². The number of nitrogens with one attached hydrogen (secondary N) is 1. The molecule has 0 saturated heterocycles. The van der Waals surface area contributed by atoms with Gasteiger partial charge >= 0.3 is 11.9 Å². The van der Waals surface area contributed by atoms with Crippen LogP contribution >= 0.6 is 15.9 Å². The number of amides is 1. The lowest BCUT2D eigenvalue weighted by molar-refractivity contribution is -0.140. The third-order valence-corrected chi connectivity index (χ3v) is 7.94. The Balaban J connectivity index is -0.000000126. The van der Waals surface area contributed by atoms with Gasteiger partial charge in [0.2, 0.25) is 15.9 Å². The van der Waals surface area contributed by atoms with E-state index in [0.717, 1.165) is 43.1 Å². The highest BCUT2D eigenvalue weighted by molar-refractivity contribution is 9.08. The number of ether oxygens (including phenoxy) is 2. The molecule has 3 rings (SSSR count). The summed E-state index contributed by atoms with van der Waals surface area (Å²) in [7, 11) is -0.716. The quantitative estimate of drug-likeness (QED) is 0.109. The van der Waals surface area contributed by atoms with Crippen LogP contribution in [0.4, 0.5) is 0 Å². The van der Waals surface area contributed by atoms with E-state index in [-0.39, 0.29) is 11.9 Å². The highest BCUT2D eigenvalue weighted by Crippen LogP contribution is 2.25. The highest BCUT2D eigenvalue weighted by Gasteiger charge is 2.30. The topological polar surface area (TPSA) is 116 Å². The predicted octanol–water partition coefficient (Wildman–Crippen LogP) is 13.9. The number of halogens is 1. The molecule has 0 aliphatic carbocycles. The number of methoxy groups -OCH3 is 2. The highest BCUT2D eigenvalue weighted by atomic mass is 79.9. The fourth-order valence-corrected chi connectivity index (χ4v) is 5.28. The number of hydrogen-bond donors (Lipinski definition) is 1. The molecule has 0 aromatic heterocycles. The van der Waals surface area contributed by atoms with Gasteiger partial charge in [0.15, 0.2) is 0 Å². The SMILES string of the molecule is CBr.CC.CC.CC.CC.CC.CC.CCc1ccccc1/C=C/C(=O)OC.CCc1ccccc1CC(C)(C)C(=O)NS(C)(=O)=O.CCc1ccccc1CCC(=O)OC. The molecule has 0 fully saturated rings. The second-order valence-corrected chi connectivity index (χ2v) is 13.2. The molecule has 0 unspecified atom stereocenters. The maximum absolute atomic E-state index is 12.0. The van der Waals surface area contributed by atoms with Gasteiger partial charge in [0.25, 0.3) is 0 Å². The number of rotatable bonds is 12. The molecule has 3 aromatic rings. The van der Waals surface area contributed by atoms with Crippen molar-refractivity contribution in [1.29, 1.82) is 0 Å². The minimum absolute atomic E-state index is 0.143. The van der Waals surface area contributed by atoms with Crippen molar-refractivity contribution in [2.75, 3.05) is 26.3 Å². The predicted molar refractivity (Wildman–Crippen MR) is 272 cm³/mol. The maximum Gasteiger partial charge on any atom is 0.330 e. The van der Waals surface area contributed by atoms with Crippen molar-refractivity contribution in [2.45, 2.75) is 156 Å². The molecule has 0 saturated carbocycles. The Kier molecular flexibility index (Phi) is 59.5. The average molecular weight is 941 g/mol. The molecule has 61 heavy (non-hydrogen) atoms. The van der Waals surface area contributed by atoms with Gasteiger partial charge < -0.3 is 9.47 Å².